The Morgan fingerprint density at radius 2 is 1.61 bits per heavy atom. The molecular weight excluding hydrogens is 396 g/mol. The van der Waals surface area contributed by atoms with Crippen LogP contribution in [0.25, 0.3) is 6.08 Å². The summed E-state index contributed by atoms with van der Waals surface area (Å²) in [4.78, 5) is 0.102. The number of sulfonamides is 2. The van der Waals surface area contributed by atoms with E-state index in [9.17, 15) is 16.8 Å². The minimum atomic E-state index is -3.78. The van der Waals surface area contributed by atoms with Crippen LogP contribution in [0.4, 0.5) is 5.69 Å². The largest absolute Gasteiger partial charge is 0.280 e. The van der Waals surface area contributed by atoms with Crippen LogP contribution in [0.2, 0.25) is 0 Å². The lowest BCUT2D eigenvalue weighted by atomic mass is 10.2. The van der Waals surface area contributed by atoms with E-state index in [1.807, 2.05) is 18.2 Å². The lowest BCUT2D eigenvalue weighted by molar-refractivity contribution is 0.346. The van der Waals surface area contributed by atoms with E-state index in [1.54, 1.807) is 25.1 Å². The van der Waals surface area contributed by atoms with Crippen LogP contribution >= 0.6 is 0 Å². The zero-order valence-corrected chi connectivity index (χ0v) is 17.3. The first-order chi connectivity index (χ1) is 13.3. The normalized spacial score (nSPS) is 16.3. The highest BCUT2D eigenvalue weighted by Gasteiger charge is 2.26. The Labute approximate surface area is 167 Å². The lowest BCUT2D eigenvalue weighted by Gasteiger charge is -2.26. The van der Waals surface area contributed by atoms with Crippen molar-refractivity contribution in [3.05, 3.63) is 65.1 Å². The Morgan fingerprint density at radius 1 is 0.929 bits per heavy atom. The van der Waals surface area contributed by atoms with Gasteiger partial charge in [-0.15, -0.1) is 0 Å². The molecule has 2 aromatic rings. The second-order valence-corrected chi connectivity index (χ2v) is 10.3. The molecule has 0 atom stereocenters. The fourth-order valence-electron chi connectivity index (χ4n) is 3.05. The third kappa shape index (κ3) is 5.01. The van der Waals surface area contributed by atoms with Gasteiger partial charge >= 0.3 is 0 Å². The van der Waals surface area contributed by atoms with Crippen LogP contribution in [0.1, 0.15) is 30.4 Å². The summed E-state index contributed by atoms with van der Waals surface area (Å²) < 4.78 is 54.5. The van der Waals surface area contributed by atoms with Gasteiger partial charge < -0.3 is 0 Å². The number of hydrogen-bond donors (Lipinski definition) is 1. The fourth-order valence-corrected chi connectivity index (χ4v) is 5.52. The maximum Gasteiger partial charge on any atom is 0.255 e. The molecule has 150 valence electrons. The molecule has 0 unspecified atom stereocenters. The molecule has 1 fully saturated rings. The SMILES string of the molecule is Cc1ccc(S(=O)(=O)N2CCCCC2)cc1NS(=O)(=O)/C=C/c1ccccc1. The molecule has 1 heterocycles. The first kappa shape index (κ1) is 20.6. The second-order valence-electron chi connectivity index (χ2n) is 6.80. The predicted molar refractivity (Wildman–Crippen MR) is 112 cm³/mol. The summed E-state index contributed by atoms with van der Waals surface area (Å²) in [6.45, 7) is 2.73. The number of benzene rings is 2. The standard InChI is InChI=1S/C20H24N2O4S2/c1-17-10-11-19(28(25,26)22-13-6-3-7-14-22)16-20(17)21-27(23,24)15-12-18-8-4-2-5-9-18/h2,4-5,8-12,15-16,21H,3,6-7,13-14H2,1H3/b15-12+. The van der Waals surface area contributed by atoms with E-state index in [0.29, 0.717) is 18.7 Å². The lowest BCUT2D eigenvalue weighted by Crippen LogP contribution is -2.35. The summed E-state index contributed by atoms with van der Waals surface area (Å²) in [5.41, 5.74) is 1.66. The average molecular weight is 421 g/mol. The van der Waals surface area contributed by atoms with Gasteiger partial charge in [-0.25, -0.2) is 16.8 Å². The maximum atomic E-state index is 12.9. The van der Waals surface area contributed by atoms with Crippen molar-refractivity contribution in [3.63, 3.8) is 0 Å². The Kier molecular flexibility index (Phi) is 6.22. The summed E-state index contributed by atoms with van der Waals surface area (Å²) >= 11 is 0. The van der Waals surface area contributed by atoms with Gasteiger partial charge in [0.2, 0.25) is 10.0 Å². The molecule has 0 spiro atoms. The third-order valence-electron chi connectivity index (χ3n) is 4.65. The molecule has 0 aromatic heterocycles. The second kappa shape index (κ2) is 8.46. The van der Waals surface area contributed by atoms with Crippen molar-refractivity contribution in [1.29, 1.82) is 0 Å². The molecular formula is C20H24N2O4S2. The molecule has 1 saturated heterocycles. The van der Waals surface area contributed by atoms with Crippen molar-refractivity contribution >= 4 is 31.8 Å². The predicted octanol–water partition coefficient (Wildman–Crippen LogP) is 3.58. The van der Waals surface area contributed by atoms with Gasteiger partial charge in [0.05, 0.1) is 16.0 Å². The number of anilines is 1. The zero-order valence-electron chi connectivity index (χ0n) is 15.7. The molecule has 1 aliphatic heterocycles. The van der Waals surface area contributed by atoms with Gasteiger partial charge in [0.25, 0.3) is 10.0 Å². The highest BCUT2D eigenvalue weighted by Crippen LogP contribution is 2.26. The Balaban J connectivity index is 1.84. The highest BCUT2D eigenvalue weighted by molar-refractivity contribution is 7.95. The van der Waals surface area contributed by atoms with Gasteiger partial charge in [0.1, 0.15) is 0 Å². The number of piperidine rings is 1. The Morgan fingerprint density at radius 3 is 2.29 bits per heavy atom. The van der Waals surface area contributed by atoms with Crippen molar-refractivity contribution in [2.24, 2.45) is 0 Å². The number of rotatable bonds is 6. The van der Waals surface area contributed by atoms with E-state index in [4.69, 9.17) is 0 Å². The van der Waals surface area contributed by atoms with Crippen LogP contribution in [-0.2, 0) is 20.0 Å². The van der Waals surface area contributed by atoms with E-state index in [-0.39, 0.29) is 10.6 Å². The highest BCUT2D eigenvalue weighted by atomic mass is 32.2. The third-order valence-corrected chi connectivity index (χ3v) is 7.55. The first-order valence-electron chi connectivity index (χ1n) is 9.15. The average Bonchev–Trinajstić information content (AvgIpc) is 2.69. The van der Waals surface area contributed by atoms with Crippen LogP contribution in [0.3, 0.4) is 0 Å². The summed E-state index contributed by atoms with van der Waals surface area (Å²) in [6.07, 6.45) is 4.20. The first-order valence-corrected chi connectivity index (χ1v) is 12.1. The van der Waals surface area contributed by atoms with E-state index in [0.717, 1.165) is 30.2 Å². The number of nitrogens with one attached hydrogen (secondary N) is 1. The molecule has 0 radical (unpaired) electrons. The molecule has 6 nitrogen and oxygen atoms in total. The molecule has 0 saturated carbocycles. The Hall–Kier alpha value is -2.16. The minimum absolute atomic E-state index is 0.102. The molecule has 3 rings (SSSR count). The molecule has 8 heteroatoms. The fraction of sp³-hybridized carbons (Fsp3) is 0.300. The number of hydrogen-bond acceptors (Lipinski definition) is 4. The molecule has 0 aliphatic carbocycles. The van der Waals surface area contributed by atoms with Crippen molar-refractivity contribution < 1.29 is 16.8 Å². The summed E-state index contributed by atoms with van der Waals surface area (Å²) in [5.74, 6) is 0. The maximum absolute atomic E-state index is 12.9. The summed E-state index contributed by atoms with van der Waals surface area (Å²) in [7, 11) is -7.41. The van der Waals surface area contributed by atoms with Crippen LogP contribution < -0.4 is 4.72 Å². The van der Waals surface area contributed by atoms with Crippen LogP contribution in [0.5, 0.6) is 0 Å². The monoisotopic (exact) mass is 420 g/mol. The summed E-state index contributed by atoms with van der Waals surface area (Å²) in [5, 5.41) is 1.08. The van der Waals surface area contributed by atoms with Crippen LogP contribution in [0.15, 0.2) is 58.8 Å². The van der Waals surface area contributed by atoms with Gasteiger partial charge in [0.15, 0.2) is 0 Å². The van der Waals surface area contributed by atoms with Crippen LogP contribution in [-0.4, -0.2) is 34.2 Å². The summed E-state index contributed by atoms with van der Waals surface area (Å²) in [6, 6.07) is 13.6. The molecule has 1 N–H and O–H groups in total. The van der Waals surface area contributed by atoms with E-state index in [1.165, 1.54) is 22.5 Å². The Bertz CT molecular complexity index is 1060. The van der Waals surface area contributed by atoms with E-state index < -0.39 is 20.0 Å². The van der Waals surface area contributed by atoms with Gasteiger partial charge in [-0.1, -0.05) is 42.8 Å². The zero-order chi connectivity index (χ0) is 20.2. The van der Waals surface area contributed by atoms with Gasteiger partial charge in [-0.2, -0.15) is 4.31 Å². The molecule has 0 bridgehead atoms. The van der Waals surface area contributed by atoms with E-state index >= 15 is 0 Å². The molecule has 1 aliphatic rings. The molecule has 28 heavy (non-hydrogen) atoms. The van der Waals surface area contributed by atoms with Gasteiger partial charge in [0, 0.05) is 13.1 Å². The van der Waals surface area contributed by atoms with Gasteiger partial charge in [-0.3, -0.25) is 4.72 Å². The van der Waals surface area contributed by atoms with Crippen molar-refractivity contribution in [2.45, 2.75) is 31.1 Å². The van der Waals surface area contributed by atoms with Crippen molar-refractivity contribution in [2.75, 3.05) is 17.8 Å². The smallest absolute Gasteiger partial charge is 0.255 e. The number of aryl methyl sites for hydroxylation is 1. The van der Waals surface area contributed by atoms with E-state index in [2.05, 4.69) is 4.72 Å². The van der Waals surface area contributed by atoms with Gasteiger partial charge in [-0.05, 0) is 49.1 Å². The molecule has 2 aromatic carbocycles. The topological polar surface area (TPSA) is 83.6 Å². The number of nitrogens with zero attached hydrogens (tertiary/aromatic N) is 1. The molecule has 0 amide bonds. The quantitative estimate of drug-likeness (QED) is 0.774. The van der Waals surface area contributed by atoms with Crippen LogP contribution in [0, 0.1) is 6.92 Å². The van der Waals surface area contributed by atoms with Crippen molar-refractivity contribution in [1.82, 2.24) is 4.31 Å². The van der Waals surface area contributed by atoms with Crippen molar-refractivity contribution in [3.8, 4) is 0 Å². The minimum Gasteiger partial charge on any atom is -0.280 e.